The minimum atomic E-state index is 0.374. The molecule has 1 saturated heterocycles. The Labute approximate surface area is 99.1 Å². The van der Waals surface area contributed by atoms with E-state index in [2.05, 4.69) is 28.2 Å². The molecule has 2 rings (SSSR count). The van der Waals surface area contributed by atoms with Crippen LogP contribution in [0.4, 0.5) is 0 Å². The predicted octanol–water partition coefficient (Wildman–Crippen LogP) is 2.89. The first kappa shape index (κ1) is 11.0. The Morgan fingerprint density at radius 3 is 2.80 bits per heavy atom. The molecule has 0 atom stereocenters. The molecule has 0 saturated carbocycles. The minimum Gasteiger partial charge on any atom is -0.490 e. The number of rotatable bonds is 2. The Morgan fingerprint density at radius 2 is 2.07 bits per heavy atom. The maximum Gasteiger partial charge on any atom is 0.123 e. The van der Waals surface area contributed by atoms with Crippen molar-refractivity contribution in [2.24, 2.45) is 0 Å². The van der Waals surface area contributed by atoms with E-state index in [1.165, 1.54) is 5.56 Å². The molecule has 3 heteroatoms. The highest BCUT2D eigenvalue weighted by atomic mass is 79.9. The smallest absolute Gasteiger partial charge is 0.123 e. The summed E-state index contributed by atoms with van der Waals surface area (Å²) < 4.78 is 7.12. The molecule has 0 aliphatic carbocycles. The molecule has 0 amide bonds. The van der Waals surface area contributed by atoms with Gasteiger partial charge in [-0.05, 0) is 45.0 Å². The SMILES string of the molecule is Cc1c(Br)cccc1OC1CCNCC1. The second kappa shape index (κ2) is 4.99. The summed E-state index contributed by atoms with van der Waals surface area (Å²) in [5, 5.41) is 3.34. The van der Waals surface area contributed by atoms with Crippen molar-refractivity contribution in [1.82, 2.24) is 5.32 Å². The third kappa shape index (κ3) is 2.73. The largest absolute Gasteiger partial charge is 0.490 e. The summed E-state index contributed by atoms with van der Waals surface area (Å²) in [4.78, 5) is 0. The summed E-state index contributed by atoms with van der Waals surface area (Å²) in [6.45, 7) is 4.22. The van der Waals surface area contributed by atoms with Crippen molar-refractivity contribution in [3.05, 3.63) is 28.2 Å². The van der Waals surface area contributed by atoms with Gasteiger partial charge in [0.05, 0.1) is 0 Å². The average molecular weight is 270 g/mol. The summed E-state index contributed by atoms with van der Waals surface area (Å²) >= 11 is 3.52. The fourth-order valence-electron chi connectivity index (χ4n) is 1.81. The lowest BCUT2D eigenvalue weighted by Crippen LogP contribution is -2.34. The van der Waals surface area contributed by atoms with Crippen LogP contribution in [0.5, 0.6) is 5.75 Å². The molecule has 1 fully saturated rings. The molecule has 1 aromatic carbocycles. The molecule has 1 aromatic rings. The molecule has 1 heterocycles. The van der Waals surface area contributed by atoms with Crippen LogP contribution in [-0.4, -0.2) is 19.2 Å². The summed E-state index contributed by atoms with van der Waals surface area (Å²) in [5.41, 5.74) is 1.19. The molecule has 15 heavy (non-hydrogen) atoms. The molecule has 1 aliphatic rings. The highest BCUT2D eigenvalue weighted by molar-refractivity contribution is 9.10. The van der Waals surface area contributed by atoms with Crippen molar-refractivity contribution in [3.8, 4) is 5.75 Å². The van der Waals surface area contributed by atoms with Gasteiger partial charge in [0.1, 0.15) is 11.9 Å². The van der Waals surface area contributed by atoms with Crippen molar-refractivity contribution in [3.63, 3.8) is 0 Å². The number of hydrogen-bond donors (Lipinski definition) is 1. The lowest BCUT2D eigenvalue weighted by molar-refractivity contribution is 0.161. The number of hydrogen-bond acceptors (Lipinski definition) is 2. The van der Waals surface area contributed by atoms with Gasteiger partial charge in [0.2, 0.25) is 0 Å². The third-order valence-electron chi connectivity index (χ3n) is 2.80. The second-order valence-electron chi connectivity index (χ2n) is 3.93. The zero-order valence-corrected chi connectivity index (χ0v) is 10.5. The summed E-state index contributed by atoms with van der Waals surface area (Å²) in [6.07, 6.45) is 2.58. The molecule has 0 unspecified atom stereocenters. The maximum atomic E-state index is 6.00. The molecule has 2 nitrogen and oxygen atoms in total. The Kier molecular flexibility index (Phi) is 3.65. The van der Waals surface area contributed by atoms with Gasteiger partial charge in [-0.15, -0.1) is 0 Å². The zero-order valence-electron chi connectivity index (χ0n) is 8.92. The van der Waals surface area contributed by atoms with Crippen LogP contribution >= 0.6 is 15.9 Å². The summed E-state index contributed by atoms with van der Waals surface area (Å²) in [6, 6.07) is 6.11. The predicted molar refractivity (Wildman–Crippen MR) is 65.4 cm³/mol. The highest BCUT2D eigenvalue weighted by Crippen LogP contribution is 2.27. The molecule has 82 valence electrons. The Bertz CT molecular complexity index is 334. The number of benzene rings is 1. The molecular formula is C12H16BrNO. The fourth-order valence-corrected chi connectivity index (χ4v) is 2.16. The van der Waals surface area contributed by atoms with Gasteiger partial charge in [0.25, 0.3) is 0 Å². The zero-order chi connectivity index (χ0) is 10.7. The van der Waals surface area contributed by atoms with Gasteiger partial charge in [0, 0.05) is 10.0 Å². The van der Waals surface area contributed by atoms with Gasteiger partial charge in [0.15, 0.2) is 0 Å². The van der Waals surface area contributed by atoms with Crippen LogP contribution in [-0.2, 0) is 0 Å². The molecule has 0 aromatic heterocycles. The topological polar surface area (TPSA) is 21.3 Å². The van der Waals surface area contributed by atoms with Gasteiger partial charge in [-0.3, -0.25) is 0 Å². The Morgan fingerprint density at radius 1 is 1.33 bits per heavy atom. The van der Waals surface area contributed by atoms with Crippen molar-refractivity contribution in [1.29, 1.82) is 0 Å². The lowest BCUT2D eigenvalue weighted by Gasteiger charge is -2.24. The lowest BCUT2D eigenvalue weighted by atomic mass is 10.1. The van der Waals surface area contributed by atoms with E-state index in [-0.39, 0.29) is 0 Å². The monoisotopic (exact) mass is 269 g/mol. The standard InChI is InChI=1S/C12H16BrNO/c1-9-11(13)3-2-4-12(9)15-10-5-7-14-8-6-10/h2-4,10,14H,5-8H2,1H3. The quantitative estimate of drug-likeness (QED) is 0.892. The Balaban J connectivity index is 2.06. The van der Waals surface area contributed by atoms with Crippen LogP contribution in [0, 0.1) is 6.92 Å². The summed E-state index contributed by atoms with van der Waals surface area (Å²) in [7, 11) is 0. The molecule has 0 radical (unpaired) electrons. The van der Waals surface area contributed by atoms with E-state index in [9.17, 15) is 0 Å². The van der Waals surface area contributed by atoms with E-state index in [0.717, 1.165) is 36.2 Å². The molecule has 1 N–H and O–H groups in total. The minimum absolute atomic E-state index is 0.374. The van der Waals surface area contributed by atoms with Crippen LogP contribution in [0.2, 0.25) is 0 Å². The maximum absolute atomic E-state index is 6.00. The van der Waals surface area contributed by atoms with Crippen LogP contribution < -0.4 is 10.1 Å². The van der Waals surface area contributed by atoms with Crippen molar-refractivity contribution in [2.75, 3.05) is 13.1 Å². The van der Waals surface area contributed by atoms with E-state index >= 15 is 0 Å². The first-order chi connectivity index (χ1) is 7.27. The van der Waals surface area contributed by atoms with Crippen LogP contribution in [0.15, 0.2) is 22.7 Å². The first-order valence-electron chi connectivity index (χ1n) is 5.40. The molecular weight excluding hydrogens is 254 g/mol. The van der Waals surface area contributed by atoms with Crippen molar-refractivity contribution >= 4 is 15.9 Å². The molecule has 1 aliphatic heterocycles. The molecule has 0 spiro atoms. The number of piperidine rings is 1. The summed E-state index contributed by atoms with van der Waals surface area (Å²) in [5.74, 6) is 1.01. The van der Waals surface area contributed by atoms with E-state index in [1.54, 1.807) is 0 Å². The Hall–Kier alpha value is -0.540. The normalized spacial score (nSPS) is 17.7. The van der Waals surface area contributed by atoms with E-state index in [4.69, 9.17) is 4.74 Å². The first-order valence-corrected chi connectivity index (χ1v) is 6.19. The second-order valence-corrected chi connectivity index (χ2v) is 4.78. The van der Waals surface area contributed by atoms with Gasteiger partial charge in [-0.2, -0.15) is 0 Å². The third-order valence-corrected chi connectivity index (χ3v) is 3.66. The van der Waals surface area contributed by atoms with Gasteiger partial charge < -0.3 is 10.1 Å². The molecule has 0 bridgehead atoms. The van der Waals surface area contributed by atoms with Crippen LogP contribution in [0.1, 0.15) is 18.4 Å². The fraction of sp³-hybridized carbons (Fsp3) is 0.500. The van der Waals surface area contributed by atoms with E-state index in [1.807, 2.05) is 18.2 Å². The highest BCUT2D eigenvalue weighted by Gasteiger charge is 2.15. The van der Waals surface area contributed by atoms with Gasteiger partial charge >= 0.3 is 0 Å². The number of nitrogens with one attached hydrogen (secondary N) is 1. The van der Waals surface area contributed by atoms with Crippen molar-refractivity contribution in [2.45, 2.75) is 25.9 Å². The van der Waals surface area contributed by atoms with Crippen LogP contribution in [0.25, 0.3) is 0 Å². The van der Waals surface area contributed by atoms with Gasteiger partial charge in [-0.1, -0.05) is 22.0 Å². The van der Waals surface area contributed by atoms with E-state index in [0.29, 0.717) is 6.10 Å². The number of halogens is 1. The van der Waals surface area contributed by atoms with E-state index < -0.39 is 0 Å². The number of ether oxygens (including phenoxy) is 1. The average Bonchev–Trinajstić information content (AvgIpc) is 2.26. The van der Waals surface area contributed by atoms with Gasteiger partial charge in [-0.25, -0.2) is 0 Å². The van der Waals surface area contributed by atoms with Crippen LogP contribution in [0.3, 0.4) is 0 Å². The van der Waals surface area contributed by atoms with Crippen molar-refractivity contribution < 1.29 is 4.74 Å².